The fourth-order valence-electron chi connectivity index (χ4n) is 2.13. The molecule has 2 rings (SSSR count). The summed E-state index contributed by atoms with van der Waals surface area (Å²) in [5.74, 6) is -0.202. The van der Waals surface area contributed by atoms with Gasteiger partial charge in [-0.25, -0.2) is 14.8 Å². The van der Waals surface area contributed by atoms with Crippen LogP contribution in [0.1, 0.15) is 25.0 Å². The molecule has 1 aliphatic rings. The van der Waals surface area contributed by atoms with Crippen molar-refractivity contribution in [2.45, 2.75) is 32.2 Å². The highest BCUT2D eigenvalue weighted by atomic mass is 35.5. The number of rotatable bonds is 2. The fourth-order valence-corrected chi connectivity index (χ4v) is 2.35. The van der Waals surface area contributed by atoms with Crippen molar-refractivity contribution in [1.29, 1.82) is 0 Å². The molecular weight excluding hydrogens is 242 g/mol. The molecule has 17 heavy (non-hydrogen) atoms. The first-order valence-electron chi connectivity index (χ1n) is 5.58. The molecule has 1 aromatic heterocycles. The van der Waals surface area contributed by atoms with Crippen LogP contribution in [0.3, 0.4) is 0 Å². The Morgan fingerprint density at radius 3 is 2.94 bits per heavy atom. The zero-order valence-electron chi connectivity index (χ0n) is 9.56. The van der Waals surface area contributed by atoms with E-state index >= 15 is 0 Å². The molecule has 0 aliphatic carbocycles. The third-order valence-electron chi connectivity index (χ3n) is 2.90. The minimum absolute atomic E-state index is 0.162. The summed E-state index contributed by atoms with van der Waals surface area (Å²) in [7, 11) is 0. The molecule has 1 fully saturated rings. The highest BCUT2D eigenvalue weighted by Crippen LogP contribution is 2.24. The summed E-state index contributed by atoms with van der Waals surface area (Å²) < 4.78 is 0. The molecule has 1 atom stereocenters. The summed E-state index contributed by atoms with van der Waals surface area (Å²) in [4.78, 5) is 21.1. The number of hydrogen-bond donors (Lipinski definition) is 1. The topological polar surface area (TPSA) is 66.3 Å². The van der Waals surface area contributed by atoms with Crippen LogP contribution in [0.2, 0.25) is 5.28 Å². The lowest BCUT2D eigenvalue weighted by molar-refractivity contribution is -0.139. The van der Waals surface area contributed by atoms with Crippen LogP contribution in [-0.2, 0) is 4.79 Å². The second-order valence-corrected chi connectivity index (χ2v) is 4.52. The fraction of sp³-hybridized carbons (Fsp3) is 0.545. The number of aromatic nitrogens is 2. The monoisotopic (exact) mass is 255 g/mol. The Morgan fingerprint density at radius 2 is 2.29 bits per heavy atom. The molecule has 0 aromatic carbocycles. The maximum absolute atomic E-state index is 11.2. The van der Waals surface area contributed by atoms with E-state index in [2.05, 4.69) is 9.97 Å². The molecular formula is C11H14ClN3O2. The van der Waals surface area contributed by atoms with Gasteiger partial charge in [0, 0.05) is 18.3 Å². The van der Waals surface area contributed by atoms with E-state index in [-0.39, 0.29) is 5.28 Å². The second kappa shape index (κ2) is 4.87. The minimum atomic E-state index is -0.808. The number of aryl methyl sites for hydroxylation is 1. The van der Waals surface area contributed by atoms with Gasteiger partial charge < -0.3 is 10.0 Å². The first-order chi connectivity index (χ1) is 8.08. The lowest BCUT2D eigenvalue weighted by atomic mass is 10.0. The Kier molecular flexibility index (Phi) is 3.47. The molecule has 0 amide bonds. The van der Waals surface area contributed by atoms with E-state index in [1.54, 1.807) is 11.0 Å². The molecule has 92 valence electrons. The van der Waals surface area contributed by atoms with Crippen LogP contribution in [0.4, 0.5) is 5.82 Å². The number of anilines is 1. The Bertz CT molecular complexity index is 418. The van der Waals surface area contributed by atoms with Gasteiger partial charge in [-0.05, 0) is 37.8 Å². The lowest BCUT2D eigenvalue weighted by Gasteiger charge is -2.33. The predicted molar refractivity (Wildman–Crippen MR) is 64.4 cm³/mol. The van der Waals surface area contributed by atoms with Crippen LogP contribution in [-0.4, -0.2) is 33.6 Å². The van der Waals surface area contributed by atoms with E-state index < -0.39 is 12.0 Å². The lowest BCUT2D eigenvalue weighted by Crippen LogP contribution is -2.45. The van der Waals surface area contributed by atoms with Crippen molar-refractivity contribution >= 4 is 23.4 Å². The van der Waals surface area contributed by atoms with E-state index in [9.17, 15) is 9.90 Å². The number of nitrogens with zero attached hydrogens (tertiary/aromatic N) is 3. The first kappa shape index (κ1) is 12.1. The molecule has 0 spiro atoms. The highest BCUT2D eigenvalue weighted by molar-refractivity contribution is 6.28. The van der Waals surface area contributed by atoms with Crippen molar-refractivity contribution in [2.24, 2.45) is 0 Å². The van der Waals surface area contributed by atoms with Crippen molar-refractivity contribution in [1.82, 2.24) is 9.97 Å². The van der Waals surface area contributed by atoms with Crippen LogP contribution in [0.25, 0.3) is 0 Å². The van der Waals surface area contributed by atoms with Crippen LogP contribution in [0, 0.1) is 6.92 Å². The molecule has 1 saturated heterocycles. The smallest absolute Gasteiger partial charge is 0.326 e. The maximum atomic E-state index is 11.2. The number of halogens is 1. The number of carboxylic acid groups (broad SMARTS) is 1. The van der Waals surface area contributed by atoms with Crippen molar-refractivity contribution in [2.75, 3.05) is 11.4 Å². The first-order valence-corrected chi connectivity index (χ1v) is 5.96. The molecule has 0 radical (unpaired) electrons. The van der Waals surface area contributed by atoms with E-state index in [1.165, 1.54) is 0 Å². The van der Waals surface area contributed by atoms with Gasteiger partial charge in [0.1, 0.15) is 11.9 Å². The number of carbonyl (C=O) groups is 1. The summed E-state index contributed by atoms with van der Waals surface area (Å²) in [5, 5.41) is 9.35. The quantitative estimate of drug-likeness (QED) is 0.818. The molecule has 0 saturated carbocycles. The Morgan fingerprint density at radius 1 is 1.53 bits per heavy atom. The van der Waals surface area contributed by atoms with Gasteiger partial charge in [-0.15, -0.1) is 0 Å². The van der Waals surface area contributed by atoms with Crippen LogP contribution in [0.15, 0.2) is 6.07 Å². The summed E-state index contributed by atoms with van der Waals surface area (Å²) >= 11 is 5.80. The van der Waals surface area contributed by atoms with Gasteiger partial charge in [0.05, 0.1) is 0 Å². The SMILES string of the molecule is Cc1cc(N2CCCC[C@H]2C(=O)O)nc(Cl)n1. The van der Waals surface area contributed by atoms with Crippen molar-refractivity contribution in [3.05, 3.63) is 17.0 Å². The third-order valence-corrected chi connectivity index (χ3v) is 3.06. The molecule has 2 heterocycles. The summed E-state index contributed by atoms with van der Waals surface area (Å²) in [6.45, 7) is 2.51. The normalized spacial score (nSPS) is 20.4. The van der Waals surface area contributed by atoms with Crippen LogP contribution in [0.5, 0.6) is 0 Å². The van der Waals surface area contributed by atoms with Crippen LogP contribution < -0.4 is 4.90 Å². The van der Waals surface area contributed by atoms with Crippen molar-refractivity contribution in [3.8, 4) is 0 Å². The number of piperidine rings is 1. The zero-order chi connectivity index (χ0) is 12.4. The van der Waals surface area contributed by atoms with Gasteiger partial charge in [0.25, 0.3) is 0 Å². The van der Waals surface area contributed by atoms with Gasteiger partial charge in [0.15, 0.2) is 0 Å². The third kappa shape index (κ3) is 2.66. The van der Waals surface area contributed by atoms with Crippen molar-refractivity contribution < 1.29 is 9.90 Å². The summed E-state index contributed by atoms with van der Waals surface area (Å²) in [6, 6.07) is 1.27. The van der Waals surface area contributed by atoms with E-state index in [0.717, 1.165) is 18.5 Å². The second-order valence-electron chi connectivity index (χ2n) is 4.18. The molecule has 1 aliphatic heterocycles. The molecule has 1 N–H and O–H groups in total. The number of aliphatic carboxylic acids is 1. The standard InChI is InChI=1S/C11H14ClN3O2/c1-7-6-9(14-11(12)13-7)15-5-3-2-4-8(15)10(16)17/h6,8H,2-5H2,1H3,(H,16,17)/t8-/m0/s1. The summed E-state index contributed by atoms with van der Waals surface area (Å²) in [5.41, 5.74) is 0.745. The average Bonchev–Trinajstić information content (AvgIpc) is 2.27. The largest absolute Gasteiger partial charge is 0.480 e. The Hall–Kier alpha value is -1.36. The highest BCUT2D eigenvalue weighted by Gasteiger charge is 2.29. The molecule has 5 nitrogen and oxygen atoms in total. The van der Waals surface area contributed by atoms with Gasteiger partial charge in [-0.2, -0.15) is 0 Å². The van der Waals surface area contributed by atoms with Gasteiger partial charge in [-0.1, -0.05) is 0 Å². The Labute approximate surface area is 104 Å². The summed E-state index contributed by atoms with van der Waals surface area (Å²) in [6.07, 6.45) is 2.56. The minimum Gasteiger partial charge on any atom is -0.480 e. The van der Waals surface area contributed by atoms with E-state index in [0.29, 0.717) is 18.8 Å². The number of hydrogen-bond acceptors (Lipinski definition) is 4. The van der Waals surface area contributed by atoms with Gasteiger partial charge in [0.2, 0.25) is 5.28 Å². The zero-order valence-corrected chi connectivity index (χ0v) is 10.3. The molecule has 0 unspecified atom stereocenters. The average molecular weight is 256 g/mol. The van der Waals surface area contributed by atoms with E-state index in [1.807, 2.05) is 6.92 Å². The maximum Gasteiger partial charge on any atom is 0.326 e. The van der Waals surface area contributed by atoms with Gasteiger partial charge in [-0.3, -0.25) is 0 Å². The van der Waals surface area contributed by atoms with Crippen LogP contribution >= 0.6 is 11.6 Å². The predicted octanol–water partition coefficient (Wildman–Crippen LogP) is 1.88. The molecule has 1 aromatic rings. The molecule has 6 heteroatoms. The Balaban J connectivity index is 2.32. The van der Waals surface area contributed by atoms with E-state index in [4.69, 9.17) is 11.6 Å². The molecule has 0 bridgehead atoms. The number of carboxylic acids is 1. The van der Waals surface area contributed by atoms with Crippen molar-refractivity contribution in [3.63, 3.8) is 0 Å². The van der Waals surface area contributed by atoms with Gasteiger partial charge >= 0.3 is 5.97 Å².